The fraction of sp³-hybridized carbons (Fsp3) is 0.160. The van der Waals surface area contributed by atoms with Gasteiger partial charge in [-0.2, -0.15) is 0 Å². The standard InChI is InChI=1S/C25H23ClN2OS/c1-19-7-12-23(24(26)15-19)25(16-28-14-13-27-18-28)29-17-20-8-10-22(11-9-20)30-21-5-3-2-4-6-21/h2-15,18,25H,16-17H2,1H3. The summed E-state index contributed by atoms with van der Waals surface area (Å²) < 4.78 is 8.34. The fourth-order valence-corrected chi connectivity index (χ4v) is 4.39. The maximum atomic E-state index is 6.54. The Morgan fingerprint density at radius 2 is 1.77 bits per heavy atom. The maximum Gasteiger partial charge on any atom is 0.102 e. The van der Waals surface area contributed by atoms with Crippen LogP contribution in [0.25, 0.3) is 0 Å². The van der Waals surface area contributed by atoms with Crippen molar-refractivity contribution in [3.63, 3.8) is 0 Å². The minimum atomic E-state index is -0.161. The lowest BCUT2D eigenvalue weighted by atomic mass is 10.1. The van der Waals surface area contributed by atoms with Gasteiger partial charge in [0.05, 0.1) is 19.5 Å². The van der Waals surface area contributed by atoms with Crippen molar-refractivity contribution in [3.8, 4) is 0 Å². The lowest BCUT2D eigenvalue weighted by Crippen LogP contribution is -2.12. The van der Waals surface area contributed by atoms with E-state index in [0.717, 1.165) is 21.7 Å². The number of aryl methyl sites for hydroxylation is 1. The fourth-order valence-electron chi connectivity index (χ4n) is 3.20. The summed E-state index contributed by atoms with van der Waals surface area (Å²) in [4.78, 5) is 6.58. The van der Waals surface area contributed by atoms with Crippen molar-refractivity contribution in [2.24, 2.45) is 0 Å². The van der Waals surface area contributed by atoms with Crippen molar-refractivity contribution in [1.29, 1.82) is 0 Å². The van der Waals surface area contributed by atoms with Crippen molar-refractivity contribution in [2.75, 3.05) is 0 Å². The molecule has 1 unspecified atom stereocenters. The van der Waals surface area contributed by atoms with Crippen LogP contribution in [-0.2, 0) is 17.9 Å². The molecule has 1 aromatic heterocycles. The molecule has 3 aromatic carbocycles. The Balaban J connectivity index is 1.45. The van der Waals surface area contributed by atoms with Crippen LogP contribution in [0.2, 0.25) is 5.02 Å². The van der Waals surface area contributed by atoms with Crippen LogP contribution >= 0.6 is 23.4 Å². The zero-order valence-electron chi connectivity index (χ0n) is 16.7. The number of imidazole rings is 1. The van der Waals surface area contributed by atoms with Crippen molar-refractivity contribution in [1.82, 2.24) is 9.55 Å². The van der Waals surface area contributed by atoms with Gasteiger partial charge in [-0.25, -0.2) is 4.98 Å². The second-order valence-corrected chi connectivity index (χ2v) is 8.70. The second kappa shape index (κ2) is 9.98. The van der Waals surface area contributed by atoms with E-state index < -0.39 is 0 Å². The van der Waals surface area contributed by atoms with E-state index >= 15 is 0 Å². The zero-order valence-corrected chi connectivity index (χ0v) is 18.3. The number of hydrogen-bond acceptors (Lipinski definition) is 3. The number of halogens is 1. The summed E-state index contributed by atoms with van der Waals surface area (Å²) in [6.07, 6.45) is 5.35. The second-order valence-electron chi connectivity index (χ2n) is 7.14. The molecule has 152 valence electrons. The van der Waals surface area contributed by atoms with Gasteiger partial charge < -0.3 is 9.30 Å². The highest BCUT2D eigenvalue weighted by atomic mass is 35.5. The Kier molecular flexibility index (Phi) is 6.90. The van der Waals surface area contributed by atoms with Gasteiger partial charge in [0.2, 0.25) is 0 Å². The minimum Gasteiger partial charge on any atom is -0.367 e. The van der Waals surface area contributed by atoms with E-state index in [2.05, 4.69) is 65.6 Å². The predicted octanol–water partition coefficient (Wildman–Crippen LogP) is 6.95. The van der Waals surface area contributed by atoms with E-state index in [4.69, 9.17) is 16.3 Å². The molecule has 30 heavy (non-hydrogen) atoms. The van der Waals surface area contributed by atoms with Gasteiger partial charge in [-0.15, -0.1) is 0 Å². The molecule has 0 N–H and O–H groups in total. The topological polar surface area (TPSA) is 27.1 Å². The van der Waals surface area contributed by atoms with Crippen LogP contribution in [0, 0.1) is 6.92 Å². The lowest BCUT2D eigenvalue weighted by molar-refractivity contribution is 0.0280. The third kappa shape index (κ3) is 5.54. The number of nitrogens with zero attached hydrogens (tertiary/aromatic N) is 2. The largest absolute Gasteiger partial charge is 0.367 e. The summed E-state index contributed by atoms with van der Waals surface area (Å²) in [5, 5.41) is 0.731. The molecule has 0 amide bonds. The van der Waals surface area contributed by atoms with Crippen LogP contribution in [0.15, 0.2) is 101 Å². The van der Waals surface area contributed by atoms with Gasteiger partial charge in [0.15, 0.2) is 0 Å². The molecule has 0 radical (unpaired) electrons. The number of benzene rings is 3. The number of ether oxygens (including phenoxy) is 1. The molecule has 0 aliphatic rings. The first-order valence-electron chi connectivity index (χ1n) is 9.82. The molecule has 3 nitrogen and oxygen atoms in total. The van der Waals surface area contributed by atoms with Gasteiger partial charge in [0.1, 0.15) is 6.10 Å². The predicted molar refractivity (Wildman–Crippen MR) is 123 cm³/mol. The quantitative estimate of drug-likeness (QED) is 0.300. The highest BCUT2D eigenvalue weighted by molar-refractivity contribution is 7.99. The Morgan fingerprint density at radius 1 is 1.00 bits per heavy atom. The molecule has 4 rings (SSSR count). The van der Waals surface area contributed by atoms with Crippen LogP contribution in [0.5, 0.6) is 0 Å². The Hall–Kier alpha value is -2.53. The minimum absolute atomic E-state index is 0.161. The van der Waals surface area contributed by atoms with E-state index in [-0.39, 0.29) is 6.10 Å². The van der Waals surface area contributed by atoms with Gasteiger partial charge in [-0.05, 0) is 48.4 Å². The van der Waals surface area contributed by atoms with E-state index in [1.54, 1.807) is 24.3 Å². The average Bonchev–Trinajstić information content (AvgIpc) is 3.26. The summed E-state index contributed by atoms with van der Waals surface area (Å²) >= 11 is 8.29. The molecule has 4 aromatic rings. The average molecular weight is 435 g/mol. The van der Waals surface area contributed by atoms with Gasteiger partial charge in [0.25, 0.3) is 0 Å². The molecule has 0 bridgehead atoms. The molecule has 0 aliphatic heterocycles. The van der Waals surface area contributed by atoms with Crippen molar-refractivity contribution >= 4 is 23.4 Å². The van der Waals surface area contributed by atoms with E-state index in [1.807, 2.05) is 29.8 Å². The lowest BCUT2D eigenvalue weighted by Gasteiger charge is -2.20. The van der Waals surface area contributed by atoms with E-state index in [1.165, 1.54) is 9.79 Å². The highest BCUT2D eigenvalue weighted by Crippen LogP contribution is 2.30. The molecule has 0 aliphatic carbocycles. The SMILES string of the molecule is Cc1ccc(C(Cn2ccnc2)OCc2ccc(Sc3ccccc3)cc2)c(Cl)c1. The zero-order chi connectivity index (χ0) is 20.8. The normalized spacial score (nSPS) is 12.1. The van der Waals surface area contributed by atoms with E-state index in [0.29, 0.717) is 13.2 Å². The molecular weight excluding hydrogens is 412 g/mol. The third-order valence-corrected chi connectivity index (χ3v) is 6.14. The molecule has 0 saturated heterocycles. The van der Waals surface area contributed by atoms with Gasteiger partial charge >= 0.3 is 0 Å². The maximum absolute atomic E-state index is 6.54. The van der Waals surface area contributed by atoms with Gasteiger partial charge in [-0.3, -0.25) is 0 Å². The smallest absolute Gasteiger partial charge is 0.102 e. The van der Waals surface area contributed by atoms with Crippen molar-refractivity contribution in [3.05, 3.63) is 113 Å². The third-order valence-electron chi connectivity index (χ3n) is 4.79. The van der Waals surface area contributed by atoms with Gasteiger partial charge in [-0.1, -0.05) is 65.8 Å². The first-order valence-corrected chi connectivity index (χ1v) is 11.0. The van der Waals surface area contributed by atoms with Crippen molar-refractivity contribution in [2.45, 2.75) is 36.0 Å². The molecule has 1 heterocycles. The monoisotopic (exact) mass is 434 g/mol. The molecule has 1 atom stereocenters. The molecule has 0 saturated carbocycles. The summed E-state index contributed by atoms with van der Waals surface area (Å²) in [5.41, 5.74) is 3.26. The number of hydrogen-bond donors (Lipinski definition) is 0. The van der Waals surface area contributed by atoms with Crippen LogP contribution in [0.3, 0.4) is 0 Å². The molecule has 5 heteroatoms. The summed E-state index contributed by atoms with van der Waals surface area (Å²) in [7, 11) is 0. The summed E-state index contributed by atoms with van der Waals surface area (Å²) in [6, 6.07) is 25.0. The van der Waals surface area contributed by atoms with Crippen LogP contribution in [0.4, 0.5) is 0 Å². The highest BCUT2D eigenvalue weighted by Gasteiger charge is 2.17. The number of aromatic nitrogens is 2. The molecular formula is C25H23ClN2OS. The molecule has 0 fully saturated rings. The Morgan fingerprint density at radius 3 is 2.47 bits per heavy atom. The first kappa shape index (κ1) is 20.7. The molecule has 0 spiro atoms. The van der Waals surface area contributed by atoms with Crippen LogP contribution in [-0.4, -0.2) is 9.55 Å². The summed E-state index contributed by atoms with van der Waals surface area (Å²) in [5.74, 6) is 0. The Bertz CT molecular complexity index is 1070. The first-order chi connectivity index (χ1) is 14.7. The van der Waals surface area contributed by atoms with Gasteiger partial charge in [0, 0.05) is 32.8 Å². The Labute approximate surface area is 186 Å². The van der Waals surface area contributed by atoms with E-state index in [9.17, 15) is 0 Å². The summed E-state index contributed by atoms with van der Waals surface area (Å²) in [6.45, 7) is 3.21. The number of rotatable bonds is 8. The van der Waals surface area contributed by atoms with Crippen molar-refractivity contribution < 1.29 is 4.74 Å². The van der Waals surface area contributed by atoms with Crippen LogP contribution in [0.1, 0.15) is 22.8 Å². The van der Waals surface area contributed by atoms with Crippen LogP contribution < -0.4 is 0 Å².